The minimum atomic E-state index is 0.221. The van der Waals surface area contributed by atoms with Crippen molar-refractivity contribution in [1.82, 2.24) is 5.32 Å². The maximum Gasteiger partial charge on any atom is 0.227 e. The van der Waals surface area contributed by atoms with Crippen LogP contribution in [0, 0.1) is 5.41 Å². The third-order valence-electron chi connectivity index (χ3n) is 3.47. The van der Waals surface area contributed by atoms with Gasteiger partial charge in [-0.1, -0.05) is 0 Å². The fourth-order valence-corrected chi connectivity index (χ4v) is 3.27. The predicted octanol–water partition coefficient (Wildman–Crippen LogP) is 1.46. The molecule has 0 unspecified atom stereocenters. The standard InChI is InChI=1S/C11H14N2OS/c14-10-5-11(2-3-12-7-11)8-13(10)9-1-4-15-6-9/h1,4,6,12H,2-3,5,7-8H2/t11-/m0/s1. The third kappa shape index (κ3) is 1.48. The molecule has 3 heterocycles. The van der Waals surface area contributed by atoms with Crippen LogP contribution >= 0.6 is 11.3 Å². The molecule has 2 saturated heterocycles. The summed E-state index contributed by atoms with van der Waals surface area (Å²) in [5.41, 5.74) is 1.30. The average Bonchev–Trinajstić information content (AvgIpc) is 2.90. The number of amides is 1. The van der Waals surface area contributed by atoms with E-state index in [0.717, 1.165) is 38.2 Å². The lowest BCUT2D eigenvalue weighted by atomic mass is 9.86. The van der Waals surface area contributed by atoms with Crippen molar-refractivity contribution in [2.75, 3.05) is 24.5 Å². The predicted molar refractivity (Wildman–Crippen MR) is 61.2 cm³/mol. The highest BCUT2D eigenvalue weighted by Crippen LogP contribution is 2.39. The Labute approximate surface area is 93.1 Å². The zero-order valence-corrected chi connectivity index (χ0v) is 9.35. The highest BCUT2D eigenvalue weighted by molar-refractivity contribution is 7.08. The Morgan fingerprint density at radius 3 is 3.13 bits per heavy atom. The van der Waals surface area contributed by atoms with Crippen molar-refractivity contribution in [3.05, 3.63) is 16.8 Å². The van der Waals surface area contributed by atoms with Gasteiger partial charge in [-0.25, -0.2) is 0 Å². The fraction of sp³-hybridized carbons (Fsp3) is 0.545. The summed E-state index contributed by atoms with van der Waals surface area (Å²) in [6.45, 7) is 2.96. The van der Waals surface area contributed by atoms with Gasteiger partial charge in [0.15, 0.2) is 0 Å². The summed E-state index contributed by atoms with van der Waals surface area (Å²) in [7, 11) is 0. The second-order valence-electron chi connectivity index (χ2n) is 4.56. The number of thiophene rings is 1. The van der Waals surface area contributed by atoms with E-state index in [1.54, 1.807) is 11.3 Å². The maximum atomic E-state index is 11.9. The number of carbonyl (C=O) groups is 1. The molecule has 1 N–H and O–H groups in total. The van der Waals surface area contributed by atoms with Crippen LogP contribution in [0.1, 0.15) is 12.8 Å². The molecule has 2 fully saturated rings. The molecule has 0 radical (unpaired) electrons. The van der Waals surface area contributed by atoms with Crippen molar-refractivity contribution in [1.29, 1.82) is 0 Å². The minimum absolute atomic E-state index is 0.221. The summed E-state index contributed by atoms with van der Waals surface area (Å²) >= 11 is 1.65. The lowest BCUT2D eigenvalue weighted by molar-refractivity contribution is -0.117. The lowest BCUT2D eigenvalue weighted by Gasteiger charge is -2.21. The monoisotopic (exact) mass is 222 g/mol. The molecule has 1 aromatic rings. The Kier molecular flexibility index (Phi) is 2.07. The molecular weight excluding hydrogens is 208 g/mol. The number of nitrogens with zero attached hydrogens (tertiary/aromatic N) is 1. The first-order valence-corrected chi connectivity index (χ1v) is 6.27. The maximum absolute atomic E-state index is 11.9. The summed E-state index contributed by atoms with van der Waals surface area (Å²) in [6.07, 6.45) is 1.86. The molecule has 15 heavy (non-hydrogen) atoms. The van der Waals surface area contributed by atoms with Gasteiger partial charge in [-0.2, -0.15) is 11.3 Å². The number of anilines is 1. The smallest absolute Gasteiger partial charge is 0.227 e. The average molecular weight is 222 g/mol. The van der Waals surface area contributed by atoms with Crippen LogP contribution in [0.5, 0.6) is 0 Å². The SMILES string of the molecule is O=C1C[C@]2(CCNC2)CN1c1ccsc1. The molecule has 2 aliphatic rings. The lowest BCUT2D eigenvalue weighted by Crippen LogP contribution is -2.29. The number of hydrogen-bond acceptors (Lipinski definition) is 3. The van der Waals surface area contributed by atoms with Gasteiger partial charge in [0.05, 0.1) is 5.69 Å². The van der Waals surface area contributed by atoms with Crippen LogP contribution in [0.15, 0.2) is 16.8 Å². The second kappa shape index (κ2) is 3.32. The molecule has 1 aromatic heterocycles. The zero-order valence-electron chi connectivity index (χ0n) is 8.53. The number of nitrogens with one attached hydrogen (secondary N) is 1. The van der Waals surface area contributed by atoms with Crippen molar-refractivity contribution >= 4 is 22.9 Å². The van der Waals surface area contributed by atoms with E-state index in [1.807, 2.05) is 16.3 Å². The summed E-state index contributed by atoms with van der Waals surface area (Å²) in [5.74, 6) is 0.289. The molecule has 3 nitrogen and oxygen atoms in total. The van der Waals surface area contributed by atoms with Crippen LogP contribution in [-0.2, 0) is 4.79 Å². The van der Waals surface area contributed by atoms with E-state index < -0.39 is 0 Å². The van der Waals surface area contributed by atoms with Gasteiger partial charge in [0, 0.05) is 30.3 Å². The Morgan fingerprint density at radius 2 is 2.47 bits per heavy atom. The quantitative estimate of drug-likeness (QED) is 0.780. The Morgan fingerprint density at radius 1 is 1.53 bits per heavy atom. The van der Waals surface area contributed by atoms with Crippen LogP contribution < -0.4 is 10.2 Å². The molecule has 0 aromatic carbocycles. The molecule has 0 bridgehead atoms. The van der Waals surface area contributed by atoms with Gasteiger partial charge in [-0.15, -0.1) is 0 Å². The molecule has 3 rings (SSSR count). The van der Waals surface area contributed by atoms with Gasteiger partial charge < -0.3 is 10.2 Å². The van der Waals surface area contributed by atoms with Crippen molar-refractivity contribution in [2.45, 2.75) is 12.8 Å². The molecular formula is C11H14N2OS. The Bertz CT molecular complexity index is 368. The van der Waals surface area contributed by atoms with Crippen molar-refractivity contribution < 1.29 is 4.79 Å². The largest absolute Gasteiger partial charge is 0.316 e. The van der Waals surface area contributed by atoms with Crippen LogP contribution in [0.2, 0.25) is 0 Å². The molecule has 0 aliphatic carbocycles. The molecule has 1 atom stereocenters. The highest BCUT2D eigenvalue weighted by atomic mass is 32.1. The topological polar surface area (TPSA) is 32.3 Å². The molecule has 1 spiro atoms. The summed E-state index contributed by atoms with van der Waals surface area (Å²) in [6, 6.07) is 2.03. The van der Waals surface area contributed by atoms with Crippen LogP contribution in [-0.4, -0.2) is 25.5 Å². The minimum Gasteiger partial charge on any atom is -0.316 e. The van der Waals surface area contributed by atoms with E-state index in [9.17, 15) is 4.79 Å². The number of rotatable bonds is 1. The van der Waals surface area contributed by atoms with Crippen molar-refractivity contribution in [2.24, 2.45) is 5.41 Å². The normalized spacial score (nSPS) is 30.7. The number of hydrogen-bond donors (Lipinski definition) is 1. The van der Waals surface area contributed by atoms with E-state index in [-0.39, 0.29) is 11.3 Å². The third-order valence-corrected chi connectivity index (χ3v) is 4.14. The van der Waals surface area contributed by atoms with E-state index in [1.165, 1.54) is 0 Å². The van der Waals surface area contributed by atoms with Crippen LogP contribution in [0.3, 0.4) is 0 Å². The van der Waals surface area contributed by atoms with Crippen molar-refractivity contribution in [3.63, 3.8) is 0 Å². The van der Waals surface area contributed by atoms with Gasteiger partial charge >= 0.3 is 0 Å². The fourth-order valence-electron chi connectivity index (χ4n) is 2.62. The molecule has 0 saturated carbocycles. The Hall–Kier alpha value is -0.870. The van der Waals surface area contributed by atoms with Gasteiger partial charge in [0.25, 0.3) is 0 Å². The zero-order chi connectivity index (χ0) is 10.3. The first kappa shape index (κ1) is 9.36. The molecule has 4 heteroatoms. The van der Waals surface area contributed by atoms with Gasteiger partial charge in [0.2, 0.25) is 5.91 Å². The van der Waals surface area contributed by atoms with Crippen LogP contribution in [0.25, 0.3) is 0 Å². The van der Waals surface area contributed by atoms with E-state index in [2.05, 4.69) is 10.7 Å². The highest BCUT2D eigenvalue weighted by Gasteiger charge is 2.45. The first-order chi connectivity index (χ1) is 7.29. The first-order valence-electron chi connectivity index (χ1n) is 5.32. The van der Waals surface area contributed by atoms with Gasteiger partial charge in [-0.3, -0.25) is 4.79 Å². The van der Waals surface area contributed by atoms with Gasteiger partial charge in [0.1, 0.15) is 0 Å². The van der Waals surface area contributed by atoms with Crippen molar-refractivity contribution in [3.8, 4) is 0 Å². The van der Waals surface area contributed by atoms with E-state index >= 15 is 0 Å². The molecule has 2 aliphatic heterocycles. The summed E-state index contributed by atoms with van der Waals surface area (Å²) < 4.78 is 0. The Balaban J connectivity index is 1.85. The van der Waals surface area contributed by atoms with E-state index in [0.29, 0.717) is 0 Å². The number of carbonyl (C=O) groups excluding carboxylic acids is 1. The molecule has 80 valence electrons. The molecule has 1 amide bonds. The summed E-state index contributed by atoms with van der Waals surface area (Å²) in [5, 5.41) is 7.45. The van der Waals surface area contributed by atoms with Gasteiger partial charge in [-0.05, 0) is 24.4 Å². The second-order valence-corrected chi connectivity index (χ2v) is 5.35. The van der Waals surface area contributed by atoms with E-state index in [4.69, 9.17) is 0 Å². The summed E-state index contributed by atoms with van der Waals surface area (Å²) in [4.78, 5) is 13.9. The van der Waals surface area contributed by atoms with Crippen LogP contribution in [0.4, 0.5) is 5.69 Å².